The van der Waals surface area contributed by atoms with E-state index in [1.54, 1.807) is 0 Å². The van der Waals surface area contributed by atoms with Crippen LogP contribution in [0, 0.1) is 39.9 Å². The van der Waals surface area contributed by atoms with Crippen molar-refractivity contribution < 1.29 is 20.1 Å². The number of hydrogen-bond acceptors (Lipinski definition) is 3. The van der Waals surface area contributed by atoms with Gasteiger partial charge in [0.1, 0.15) is 0 Å². The summed E-state index contributed by atoms with van der Waals surface area (Å²) in [5.74, 6) is 0.470. The summed E-state index contributed by atoms with van der Waals surface area (Å²) in [5.41, 5.74) is -0.370. The van der Waals surface area contributed by atoms with E-state index in [1.165, 1.54) is 0 Å². The van der Waals surface area contributed by atoms with Crippen molar-refractivity contribution in [2.45, 2.75) is 71.3 Å². The second-order valence-electron chi connectivity index (χ2n) is 9.91. The Morgan fingerprint density at radius 3 is 2.54 bits per heavy atom. The van der Waals surface area contributed by atoms with Crippen LogP contribution >= 0.6 is 0 Å². The van der Waals surface area contributed by atoms with E-state index < -0.39 is 11.4 Å². The molecule has 0 unspecified atom stereocenters. The van der Waals surface area contributed by atoms with Crippen LogP contribution in [0.5, 0.6) is 0 Å². The quantitative estimate of drug-likeness (QED) is 0.724. The van der Waals surface area contributed by atoms with E-state index in [9.17, 15) is 20.1 Å². The van der Waals surface area contributed by atoms with Crippen LogP contribution in [0.4, 0.5) is 0 Å². The monoisotopic (exact) mass is 336 g/mol. The zero-order valence-electron chi connectivity index (χ0n) is 15.0. The first kappa shape index (κ1) is 16.8. The third kappa shape index (κ3) is 1.96. The van der Waals surface area contributed by atoms with Crippen LogP contribution in [-0.2, 0) is 4.79 Å². The largest absolute Gasteiger partial charge is 0.481 e. The molecule has 4 heteroatoms. The third-order valence-corrected chi connectivity index (χ3v) is 9.05. The highest BCUT2D eigenvalue weighted by molar-refractivity contribution is 5.75. The molecule has 4 fully saturated rings. The molecule has 24 heavy (non-hydrogen) atoms. The fourth-order valence-corrected chi connectivity index (χ4v) is 8.01. The van der Waals surface area contributed by atoms with Gasteiger partial charge < -0.3 is 15.3 Å². The second kappa shape index (κ2) is 5.20. The van der Waals surface area contributed by atoms with Gasteiger partial charge >= 0.3 is 5.97 Å². The van der Waals surface area contributed by atoms with Gasteiger partial charge in [-0.1, -0.05) is 13.3 Å². The van der Waals surface area contributed by atoms with E-state index in [0.29, 0.717) is 5.92 Å². The molecular weight excluding hydrogens is 304 g/mol. The minimum atomic E-state index is -0.636. The Morgan fingerprint density at radius 2 is 1.88 bits per heavy atom. The third-order valence-electron chi connectivity index (χ3n) is 9.05. The Labute approximate surface area is 144 Å². The summed E-state index contributed by atoms with van der Waals surface area (Å²) in [6, 6.07) is 0. The highest BCUT2D eigenvalue weighted by atomic mass is 16.4. The Bertz CT molecular complexity index is 544. The summed E-state index contributed by atoms with van der Waals surface area (Å²) >= 11 is 0. The van der Waals surface area contributed by atoms with Crippen LogP contribution in [-0.4, -0.2) is 34.0 Å². The molecule has 0 aromatic carbocycles. The maximum atomic E-state index is 12.1. The van der Waals surface area contributed by atoms with Crippen molar-refractivity contribution in [3.8, 4) is 0 Å². The summed E-state index contributed by atoms with van der Waals surface area (Å²) in [7, 11) is 0. The van der Waals surface area contributed by atoms with Gasteiger partial charge in [0.25, 0.3) is 0 Å². The van der Waals surface area contributed by atoms with Crippen LogP contribution in [0.1, 0.15) is 65.2 Å². The Kier molecular flexibility index (Phi) is 3.65. The number of fused-ring (bicyclic) bond motifs is 3. The average Bonchev–Trinajstić information content (AvgIpc) is 2.85. The first-order valence-corrected chi connectivity index (χ1v) is 9.79. The van der Waals surface area contributed by atoms with Gasteiger partial charge in [0, 0.05) is 6.61 Å². The fraction of sp³-hybridized carbons (Fsp3) is 0.950. The lowest BCUT2D eigenvalue weighted by atomic mass is 9.41. The van der Waals surface area contributed by atoms with Gasteiger partial charge in [-0.25, -0.2) is 0 Å². The van der Waals surface area contributed by atoms with Crippen molar-refractivity contribution in [2.24, 2.45) is 39.9 Å². The first-order chi connectivity index (χ1) is 11.3. The van der Waals surface area contributed by atoms with Crippen LogP contribution in [0.15, 0.2) is 0 Å². The maximum absolute atomic E-state index is 12.1. The molecule has 4 aliphatic carbocycles. The van der Waals surface area contributed by atoms with Crippen molar-refractivity contribution >= 4 is 5.97 Å². The second-order valence-corrected chi connectivity index (χ2v) is 9.91. The fourth-order valence-electron chi connectivity index (χ4n) is 8.01. The molecule has 3 N–H and O–H groups in total. The number of aliphatic hydroxyl groups excluding tert-OH is 2. The maximum Gasteiger partial charge on any atom is 0.309 e. The van der Waals surface area contributed by atoms with Crippen LogP contribution in [0.3, 0.4) is 0 Å². The normalized spacial score (nSPS) is 56.4. The zero-order chi connectivity index (χ0) is 17.3. The SMILES string of the molecule is C[C@@]12CCC[C@@](C)(C(=O)O)[C@H]1CC[C@@]13C[C@@H](CO)[C@@H](C1)[C@H](O)C[C@H]32. The van der Waals surface area contributed by atoms with Gasteiger partial charge in [0.05, 0.1) is 11.5 Å². The van der Waals surface area contributed by atoms with Gasteiger partial charge in [0.2, 0.25) is 0 Å². The van der Waals surface area contributed by atoms with E-state index in [1.807, 2.05) is 6.92 Å². The van der Waals surface area contributed by atoms with E-state index >= 15 is 0 Å². The molecule has 2 bridgehead atoms. The van der Waals surface area contributed by atoms with Crippen molar-refractivity contribution in [2.75, 3.05) is 6.61 Å². The number of aliphatic carboxylic acids is 1. The number of carboxylic acid groups (broad SMARTS) is 1. The van der Waals surface area contributed by atoms with E-state index in [2.05, 4.69) is 6.92 Å². The van der Waals surface area contributed by atoms with E-state index in [-0.39, 0.29) is 41.3 Å². The number of aliphatic hydroxyl groups is 2. The van der Waals surface area contributed by atoms with Crippen LogP contribution in [0.25, 0.3) is 0 Å². The lowest BCUT2D eigenvalue weighted by Gasteiger charge is -2.63. The van der Waals surface area contributed by atoms with Crippen LogP contribution in [0.2, 0.25) is 0 Å². The number of hydrogen-bond donors (Lipinski definition) is 3. The lowest BCUT2D eigenvalue weighted by molar-refractivity contribution is -0.186. The molecule has 0 aliphatic heterocycles. The van der Waals surface area contributed by atoms with Gasteiger partial charge in [-0.05, 0) is 86.4 Å². The molecule has 0 radical (unpaired) electrons. The molecule has 0 amide bonds. The number of carbonyl (C=O) groups is 1. The number of carboxylic acids is 1. The molecule has 0 aromatic rings. The average molecular weight is 336 g/mol. The molecule has 4 rings (SSSR count). The smallest absolute Gasteiger partial charge is 0.309 e. The van der Waals surface area contributed by atoms with Crippen LogP contribution < -0.4 is 0 Å². The molecule has 136 valence electrons. The Balaban J connectivity index is 1.73. The summed E-state index contributed by atoms with van der Waals surface area (Å²) in [4.78, 5) is 12.1. The predicted molar refractivity (Wildman–Crippen MR) is 90.3 cm³/mol. The highest BCUT2D eigenvalue weighted by Gasteiger charge is 2.67. The molecule has 8 atom stereocenters. The molecular formula is C20H32O4. The van der Waals surface area contributed by atoms with Gasteiger partial charge in [0.15, 0.2) is 0 Å². The van der Waals surface area contributed by atoms with Gasteiger partial charge in [-0.3, -0.25) is 4.79 Å². The van der Waals surface area contributed by atoms with Crippen molar-refractivity contribution in [1.29, 1.82) is 0 Å². The zero-order valence-corrected chi connectivity index (χ0v) is 15.0. The minimum absolute atomic E-state index is 0.0138. The summed E-state index contributed by atoms with van der Waals surface area (Å²) in [6.45, 7) is 4.47. The molecule has 0 saturated heterocycles. The van der Waals surface area contributed by atoms with Crippen molar-refractivity contribution in [3.63, 3.8) is 0 Å². The molecule has 4 nitrogen and oxygen atoms in total. The predicted octanol–water partition coefficient (Wildman–Crippen LogP) is 3.06. The minimum Gasteiger partial charge on any atom is -0.481 e. The van der Waals surface area contributed by atoms with Crippen molar-refractivity contribution in [1.82, 2.24) is 0 Å². The molecule has 4 saturated carbocycles. The first-order valence-electron chi connectivity index (χ1n) is 9.79. The van der Waals surface area contributed by atoms with Gasteiger partial charge in [-0.2, -0.15) is 0 Å². The Hall–Kier alpha value is -0.610. The van der Waals surface area contributed by atoms with Crippen molar-refractivity contribution in [3.05, 3.63) is 0 Å². The summed E-state index contributed by atoms with van der Waals surface area (Å²) < 4.78 is 0. The molecule has 0 heterocycles. The van der Waals surface area contributed by atoms with E-state index in [0.717, 1.165) is 51.4 Å². The lowest BCUT2D eigenvalue weighted by Crippen LogP contribution is -2.59. The topological polar surface area (TPSA) is 77.8 Å². The highest BCUT2D eigenvalue weighted by Crippen LogP contribution is 2.72. The Morgan fingerprint density at radius 1 is 1.12 bits per heavy atom. The molecule has 1 spiro atoms. The summed E-state index contributed by atoms with van der Waals surface area (Å²) in [6.07, 6.45) is 7.49. The molecule has 0 aromatic heterocycles. The summed E-state index contributed by atoms with van der Waals surface area (Å²) in [5, 5.41) is 30.5. The van der Waals surface area contributed by atoms with Gasteiger partial charge in [-0.15, -0.1) is 0 Å². The molecule has 4 aliphatic rings. The van der Waals surface area contributed by atoms with E-state index in [4.69, 9.17) is 0 Å². The number of rotatable bonds is 2. The standard InChI is InChI=1S/C20H32O4/c1-18-5-3-6-19(2,17(23)24)15(18)4-7-20-9-12(11-21)13(10-20)14(22)8-16(18)20/h12-16,21-22H,3-11H2,1-2H3,(H,23,24)/t12-,13+,14+,15-,16-,18+,19+,20+/m0/s1.